The van der Waals surface area contributed by atoms with Crippen LogP contribution >= 0.6 is 0 Å². The van der Waals surface area contributed by atoms with Crippen LogP contribution in [-0.2, 0) is 30.6 Å². The molecule has 1 N–H and O–H groups in total. The van der Waals surface area contributed by atoms with Crippen LogP contribution in [0.25, 0.3) is 0 Å². The third kappa shape index (κ3) is 4.93. The molecule has 0 saturated heterocycles. The summed E-state index contributed by atoms with van der Waals surface area (Å²) in [4.78, 5) is 28.0. The standard InChI is InChI=1S/C24H26FN3O4S/c1-32-24(30)18-6-5-8-20(18)28(15-16-10-12-17(25)13-11-16)23(29)14-22-26-19-7-3-4-9-21(19)33(2,31)27-22/h3-4,7,9-13,18,20H,2,5-6,8,14-15H2,1H3,(H,26,27,31)/t18-,20+,33?/m1/s1. The third-order valence-corrected chi connectivity index (χ3v) is 7.61. The number of anilines is 1. The van der Waals surface area contributed by atoms with Gasteiger partial charge in [0.1, 0.15) is 11.7 Å². The highest BCUT2D eigenvalue weighted by atomic mass is 32.2. The van der Waals surface area contributed by atoms with Gasteiger partial charge < -0.3 is 15.0 Å². The highest BCUT2D eigenvalue weighted by Crippen LogP contribution is 2.33. The van der Waals surface area contributed by atoms with Crippen LogP contribution in [0.5, 0.6) is 0 Å². The first-order valence-corrected chi connectivity index (χ1v) is 12.4. The first kappa shape index (κ1) is 23.0. The summed E-state index contributed by atoms with van der Waals surface area (Å²) in [5.74, 6) is 2.59. The summed E-state index contributed by atoms with van der Waals surface area (Å²) in [6.07, 6.45) is 1.94. The molecule has 33 heavy (non-hydrogen) atoms. The number of halogens is 1. The Bertz CT molecular complexity index is 1190. The lowest BCUT2D eigenvalue weighted by atomic mass is 10.0. The normalized spacial score (nSPS) is 23.8. The molecule has 1 unspecified atom stereocenters. The number of para-hydroxylation sites is 1. The Kier molecular flexibility index (Phi) is 6.51. The van der Waals surface area contributed by atoms with Crippen molar-refractivity contribution in [2.45, 2.75) is 43.2 Å². The van der Waals surface area contributed by atoms with Crippen molar-refractivity contribution < 1.29 is 22.9 Å². The molecule has 7 nitrogen and oxygen atoms in total. The van der Waals surface area contributed by atoms with Gasteiger partial charge in [-0.15, -0.1) is 0 Å². The van der Waals surface area contributed by atoms with Gasteiger partial charge in [-0.3, -0.25) is 9.59 Å². The first-order chi connectivity index (χ1) is 15.8. The van der Waals surface area contributed by atoms with E-state index in [2.05, 4.69) is 15.6 Å². The maximum Gasteiger partial charge on any atom is 0.310 e. The number of nitrogens with one attached hydrogen (secondary N) is 1. The summed E-state index contributed by atoms with van der Waals surface area (Å²) in [6, 6.07) is 12.6. The van der Waals surface area contributed by atoms with Crippen LogP contribution in [0.15, 0.2) is 57.8 Å². The number of carbonyl (C=O) groups excluding carboxylic acids is 2. The van der Waals surface area contributed by atoms with Crippen LogP contribution in [0.2, 0.25) is 0 Å². The van der Waals surface area contributed by atoms with Crippen molar-refractivity contribution in [2.75, 3.05) is 12.4 Å². The van der Waals surface area contributed by atoms with E-state index in [9.17, 15) is 18.2 Å². The maximum absolute atomic E-state index is 13.5. The average Bonchev–Trinajstić information content (AvgIpc) is 3.27. The molecular formula is C24H26FN3O4S. The lowest BCUT2D eigenvalue weighted by molar-refractivity contribution is -0.149. The number of amidine groups is 1. The number of carbonyl (C=O) groups is 2. The molecule has 1 amide bonds. The Morgan fingerprint density at radius 2 is 1.94 bits per heavy atom. The molecule has 0 aromatic heterocycles. The monoisotopic (exact) mass is 471 g/mol. The Morgan fingerprint density at radius 1 is 1.21 bits per heavy atom. The molecule has 0 bridgehead atoms. The van der Waals surface area contributed by atoms with Gasteiger partial charge in [0, 0.05) is 12.6 Å². The number of amides is 1. The van der Waals surface area contributed by atoms with E-state index in [1.807, 2.05) is 0 Å². The number of hydrogen-bond acceptors (Lipinski definition) is 5. The van der Waals surface area contributed by atoms with Crippen LogP contribution in [0, 0.1) is 11.7 Å². The topological polar surface area (TPSA) is 88.1 Å². The zero-order chi connectivity index (χ0) is 23.6. The van der Waals surface area contributed by atoms with E-state index in [-0.39, 0.29) is 42.5 Å². The van der Waals surface area contributed by atoms with E-state index < -0.39 is 15.6 Å². The van der Waals surface area contributed by atoms with Crippen LogP contribution in [0.3, 0.4) is 0 Å². The fourth-order valence-corrected chi connectivity index (χ4v) is 5.81. The minimum atomic E-state index is -2.93. The minimum Gasteiger partial charge on any atom is -0.469 e. The van der Waals surface area contributed by atoms with Crippen LogP contribution in [0.4, 0.5) is 10.1 Å². The Labute approximate surface area is 192 Å². The van der Waals surface area contributed by atoms with Crippen LogP contribution < -0.4 is 5.32 Å². The molecule has 4 rings (SSSR count). The number of methoxy groups -OCH3 is 1. The Balaban J connectivity index is 1.61. The van der Waals surface area contributed by atoms with Gasteiger partial charge >= 0.3 is 5.97 Å². The van der Waals surface area contributed by atoms with E-state index in [1.54, 1.807) is 41.3 Å². The molecule has 0 spiro atoms. The van der Waals surface area contributed by atoms with E-state index in [0.29, 0.717) is 23.4 Å². The van der Waals surface area contributed by atoms with Crippen molar-refractivity contribution in [2.24, 2.45) is 10.3 Å². The van der Waals surface area contributed by atoms with Crippen molar-refractivity contribution in [3.63, 3.8) is 0 Å². The predicted octanol–water partition coefficient (Wildman–Crippen LogP) is 3.40. The summed E-state index contributed by atoms with van der Waals surface area (Å²) >= 11 is 0. The van der Waals surface area contributed by atoms with Gasteiger partial charge in [-0.05, 0) is 48.5 Å². The Morgan fingerprint density at radius 3 is 2.67 bits per heavy atom. The van der Waals surface area contributed by atoms with E-state index >= 15 is 0 Å². The lowest BCUT2D eigenvalue weighted by Gasteiger charge is -2.33. The summed E-state index contributed by atoms with van der Waals surface area (Å²) in [7, 11) is -1.59. The van der Waals surface area contributed by atoms with Gasteiger partial charge in [0.2, 0.25) is 5.91 Å². The largest absolute Gasteiger partial charge is 0.469 e. The molecule has 174 valence electrons. The van der Waals surface area contributed by atoms with Gasteiger partial charge in [0.25, 0.3) is 0 Å². The molecule has 2 aliphatic rings. The maximum atomic E-state index is 13.5. The average molecular weight is 472 g/mol. The number of esters is 1. The zero-order valence-electron chi connectivity index (χ0n) is 18.3. The smallest absolute Gasteiger partial charge is 0.310 e. The number of ether oxygens (including phenoxy) is 1. The summed E-state index contributed by atoms with van der Waals surface area (Å²) in [5.41, 5.74) is 1.35. The second-order valence-electron chi connectivity index (χ2n) is 8.25. The molecule has 1 heterocycles. The number of rotatable bonds is 6. The number of benzene rings is 2. The van der Waals surface area contributed by atoms with Crippen molar-refractivity contribution in [1.29, 1.82) is 0 Å². The molecule has 1 aliphatic heterocycles. The molecule has 2 aromatic carbocycles. The SMILES string of the molecule is C=S1(=O)N=C(CC(=O)N(Cc2ccc(F)cc2)[C@H]2CCC[C@H]2C(=O)OC)Nc2ccccc21. The molecule has 1 fully saturated rings. The number of nitrogens with zero attached hydrogens (tertiary/aromatic N) is 2. The van der Waals surface area contributed by atoms with Crippen molar-refractivity contribution >= 4 is 39.0 Å². The summed E-state index contributed by atoms with van der Waals surface area (Å²) in [5, 5.41) is 3.09. The third-order valence-electron chi connectivity index (χ3n) is 6.06. The zero-order valence-corrected chi connectivity index (χ0v) is 19.1. The van der Waals surface area contributed by atoms with Crippen LogP contribution in [0.1, 0.15) is 31.2 Å². The molecule has 3 atom stereocenters. The highest BCUT2D eigenvalue weighted by Gasteiger charge is 2.40. The number of fused-ring (bicyclic) bond motifs is 1. The molecule has 2 aromatic rings. The second-order valence-corrected chi connectivity index (χ2v) is 10.2. The van der Waals surface area contributed by atoms with Gasteiger partial charge in [-0.2, -0.15) is 4.40 Å². The molecule has 0 radical (unpaired) electrons. The Hall–Kier alpha value is -3.20. The predicted molar refractivity (Wildman–Crippen MR) is 126 cm³/mol. The van der Waals surface area contributed by atoms with Gasteiger partial charge in [0.15, 0.2) is 0 Å². The van der Waals surface area contributed by atoms with Crippen molar-refractivity contribution in [1.82, 2.24) is 4.90 Å². The van der Waals surface area contributed by atoms with Gasteiger partial charge in [0.05, 0.1) is 39.7 Å². The molecule has 1 aliphatic carbocycles. The second kappa shape index (κ2) is 9.35. The summed E-state index contributed by atoms with van der Waals surface area (Å²) in [6.45, 7) is 0.209. The quantitative estimate of drug-likeness (QED) is 0.515. The van der Waals surface area contributed by atoms with Crippen molar-refractivity contribution in [3.05, 3.63) is 59.9 Å². The van der Waals surface area contributed by atoms with Crippen LogP contribution in [-0.4, -0.2) is 45.8 Å². The highest BCUT2D eigenvalue weighted by molar-refractivity contribution is 7.99. The molecule has 9 heteroatoms. The van der Waals surface area contributed by atoms with E-state index in [1.165, 1.54) is 19.2 Å². The van der Waals surface area contributed by atoms with Crippen molar-refractivity contribution in [3.8, 4) is 0 Å². The van der Waals surface area contributed by atoms with E-state index in [0.717, 1.165) is 12.0 Å². The fraction of sp³-hybridized carbons (Fsp3) is 0.333. The number of hydrogen-bond donors (Lipinski definition) is 1. The molecule has 1 saturated carbocycles. The minimum absolute atomic E-state index is 0.133. The van der Waals surface area contributed by atoms with Gasteiger partial charge in [-0.25, -0.2) is 8.60 Å². The van der Waals surface area contributed by atoms with E-state index in [4.69, 9.17) is 4.74 Å². The first-order valence-electron chi connectivity index (χ1n) is 10.7. The fourth-order valence-electron chi connectivity index (χ4n) is 4.49. The van der Waals surface area contributed by atoms with Gasteiger partial charge in [-0.1, -0.05) is 30.7 Å². The summed E-state index contributed by atoms with van der Waals surface area (Å²) < 4.78 is 35.6. The lowest BCUT2D eigenvalue weighted by Crippen LogP contribution is -2.45. The molecular weight excluding hydrogens is 445 g/mol.